The van der Waals surface area contributed by atoms with Crippen LogP contribution in [0.5, 0.6) is 0 Å². The first kappa shape index (κ1) is 15.2. The second-order valence-electron chi connectivity index (χ2n) is 5.58. The van der Waals surface area contributed by atoms with Crippen LogP contribution in [0, 0.1) is 5.82 Å². The van der Waals surface area contributed by atoms with E-state index in [0.717, 1.165) is 48.1 Å². The minimum Gasteiger partial charge on any atom is -0.366 e. The Balaban J connectivity index is 1.58. The predicted molar refractivity (Wildman–Crippen MR) is 94.3 cm³/mol. The number of anilines is 2. The van der Waals surface area contributed by atoms with Gasteiger partial charge in [-0.05, 0) is 18.4 Å². The molecule has 1 aliphatic rings. The molecule has 0 saturated carbocycles. The van der Waals surface area contributed by atoms with Crippen molar-refractivity contribution in [1.29, 1.82) is 0 Å². The Labute approximate surface area is 143 Å². The Morgan fingerprint density at radius 1 is 1.08 bits per heavy atom. The summed E-state index contributed by atoms with van der Waals surface area (Å²) in [5.74, 6) is 0.723. The number of nitrogens with one attached hydrogen (secondary N) is 1. The third-order valence-corrected chi connectivity index (χ3v) is 4.95. The Morgan fingerprint density at radius 2 is 1.83 bits per heavy atom. The number of aromatic amines is 1. The average molecular weight is 344 g/mol. The molecule has 2 aromatic heterocycles. The van der Waals surface area contributed by atoms with Gasteiger partial charge in [0.25, 0.3) is 0 Å². The zero-order chi connectivity index (χ0) is 16.5. The molecule has 1 N–H and O–H groups in total. The van der Waals surface area contributed by atoms with Crippen LogP contribution in [0.4, 0.5) is 15.9 Å². The number of hydrogen-bond acceptors (Lipinski definition) is 6. The molecule has 6 nitrogen and oxygen atoms in total. The lowest BCUT2D eigenvalue weighted by atomic mass is 10.2. The first-order chi connectivity index (χ1) is 11.8. The van der Waals surface area contributed by atoms with Gasteiger partial charge in [-0.25, -0.2) is 14.4 Å². The van der Waals surface area contributed by atoms with E-state index >= 15 is 0 Å². The first-order valence-corrected chi connectivity index (χ1v) is 8.98. The summed E-state index contributed by atoms with van der Waals surface area (Å²) in [5, 5.41) is 9.11. The minimum atomic E-state index is -0.171. The van der Waals surface area contributed by atoms with Gasteiger partial charge in [0.15, 0.2) is 5.65 Å². The van der Waals surface area contributed by atoms with Gasteiger partial charge in [0.05, 0.1) is 11.1 Å². The topological polar surface area (TPSA) is 60.9 Å². The molecule has 24 heavy (non-hydrogen) atoms. The number of rotatable bonds is 3. The van der Waals surface area contributed by atoms with E-state index in [4.69, 9.17) is 0 Å². The van der Waals surface area contributed by atoms with Crippen molar-refractivity contribution in [3.05, 3.63) is 36.4 Å². The van der Waals surface area contributed by atoms with E-state index in [0.29, 0.717) is 5.69 Å². The van der Waals surface area contributed by atoms with Crippen LogP contribution in [0.1, 0.15) is 0 Å². The molecule has 1 aromatic carbocycles. The predicted octanol–water partition coefficient (Wildman–Crippen LogP) is 2.54. The molecular formula is C16H17FN6S. The molecule has 0 amide bonds. The molecule has 1 saturated heterocycles. The number of piperazine rings is 1. The van der Waals surface area contributed by atoms with Crippen molar-refractivity contribution in [3.63, 3.8) is 0 Å². The van der Waals surface area contributed by atoms with Gasteiger partial charge in [-0.1, -0.05) is 12.1 Å². The minimum absolute atomic E-state index is 0.171. The molecule has 0 spiro atoms. The monoisotopic (exact) mass is 344 g/mol. The summed E-state index contributed by atoms with van der Waals surface area (Å²) in [4.78, 5) is 13.0. The molecule has 8 heteroatoms. The normalized spacial score (nSPS) is 15.2. The van der Waals surface area contributed by atoms with Crippen LogP contribution in [0.3, 0.4) is 0 Å². The highest BCUT2D eigenvalue weighted by atomic mass is 32.2. The largest absolute Gasteiger partial charge is 0.366 e. The standard InChI is InChI=1S/C16H17FN6S/c1-24-16-13-14(20-21-16)18-10-19-15(13)23-8-6-22(7-9-23)12-5-3-2-4-11(12)17/h2-5,10H,6-9H2,1H3,(H,18,19,20,21). The molecule has 0 bridgehead atoms. The lowest BCUT2D eigenvalue weighted by Gasteiger charge is -2.37. The molecule has 4 rings (SSSR count). The number of benzene rings is 1. The third kappa shape index (κ3) is 2.56. The molecular weight excluding hydrogens is 327 g/mol. The highest BCUT2D eigenvalue weighted by molar-refractivity contribution is 7.98. The van der Waals surface area contributed by atoms with Crippen molar-refractivity contribution in [2.24, 2.45) is 0 Å². The maximum absolute atomic E-state index is 14.0. The number of thioether (sulfide) groups is 1. The Bertz CT molecular complexity index is 859. The fraction of sp³-hybridized carbons (Fsp3) is 0.312. The van der Waals surface area contributed by atoms with Gasteiger partial charge in [0.2, 0.25) is 0 Å². The number of hydrogen-bond donors (Lipinski definition) is 1. The molecule has 3 aromatic rings. The van der Waals surface area contributed by atoms with E-state index in [1.807, 2.05) is 18.4 Å². The fourth-order valence-corrected chi connectivity index (χ4v) is 3.60. The zero-order valence-electron chi connectivity index (χ0n) is 13.2. The van der Waals surface area contributed by atoms with Gasteiger partial charge in [0.1, 0.15) is 23.0 Å². The maximum atomic E-state index is 14.0. The maximum Gasteiger partial charge on any atom is 0.161 e. The molecule has 0 unspecified atom stereocenters. The highest BCUT2D eigenvalue weighted by Gasteiger charge is 2.23. The van der Waals surface area contributed by atoms with Crippen LogP contribution in [-0.2, 0) is 0 Å². The van der Waals surface area contributed by atoms with Crippen molar-refractivity contribution in [2.75, 3.05) is 42.2 Å². The van der Waals surface area contributed by atoms with Crippen molar-refractivity contribution < 1.29 is 4.39 Å². The van der Waals surface area contributed by atoms with Crippen LogP contribution < -0.4 is 9.80 Å². The van der Waals surface area contributed by atoms with Crippen molar-refractivity contribution in [3.8, 4) is 0 Å². The van der Waals surface area contributed by atoms with Crippen molar-refractivity contribution in [1.82, 2.24) is 20.2 Å². The van der Waals surface area contributed by atoms with E-state index in [1.54, 1.807) is 24.2 Å². The summed E-state index contributed by atoms with van der Waals surface area (Å²) < 4.78 is 14.0. The summed E-state index contributed by atoms with van der Waals surface area (Å²) in [7, 11) is 0. The number of para-hydroxylation sites is 1. The zero-order valence-corrected chi connectivity index (χ0v) is 14.1. The van der Waals surface area contributed by atoms with Gasteiger partial charge < -0.3 is 9.80 Å². The SMILES string of the molecule is CSc1n[nH]c2ncnc(N3CCN(c4ccccc4F)CC3)c12. The van der Waals surface area contributed by atoms with E-state index < -0.39 is 0 Å². The highest BCUT2D eigenvalue weighted by Crippen LogP contribution is 2.31. The van der Waals surface area contributed by atoms with E-state index in [2.05, 4.69) is 30.0 Å². The van der Waals surface area contributed by atoms with Gasteiger partial charge in [-0.3, -0.25) is 5.10 Å². The van der Waals surface area contributed by atoms with Crippen LogP contribution in [0.25, 0.3) is 11.0 Å². The summed E-state index contributed by atoms with van der Waals surface area (Å²) in [5.41, 5.74) is 1.42. The smallest absolute Gasteiger partial charge is 0.161 e. The molecule has 124 valence electrons. The van der Waals surface area contributed by atoms with Crippen LogP contribution in [0.2, 0.25) is 0 Å². The number of nitrogens with zero attached hydrogens (tertiary/aromatic N) is 5. The Hall–Kier alpha value is -2.35. The Morgan fingerprint density at radius 3 is 2.58 bits per heavy atom. The molecule has 1 fully saturated rings. The lowest BCUT2D eigenvalue weighted by Crippen LogP contribution is -2.47. The molecule has 3 heterocycles. The van der Waals surface area contributed by atoms with E-state index in [9.17, 15) is 4.39 Å². The quantitative estimate of drug-likeness (QED) is 0.737. The van der Waals surface area contributed by atoms with Gasteiger partial charge >= 0.3 is 0 Å². The fourth-order valence-electron chi connectivity index (χ4n) is 3.07. The first-order valence-electron chi connectivity index (χ1n) is 7.75. The second kappa shape index (κ2) is 6.27. The lowest BCUT2D eigenvalue weighted by molar-refractivity contribution is 0.596. The molecule has 0 aliphatic carbocycles. The summed E-state index contributed by atoms with van der Waals surface area (Å²) in [6.45, 7) is 3.05. The van der Waals surface area contributed by atoms with Gasteiger partial charge in [-0.15, -0.1) is 11.8 Å². The Kier molecular flexibility index (Phi) is 3.97. The number of fused-ring (bicyclic) bond motifs is 1. The van der Waals surface area contributed by atoms with E-state index in [1.165, 1.54) is 6.07 Å². The summed E-state index contributed by atoms with van der Waals surface area (Å²) >= 11 is 1.57. The van der Waals surface area contributed by atoms with E-state index in [-0.39, 0.29) is 5.82 Å². The summed E-state index contributed by atoms with van der Waals surface area (Å²) in [6.07, 6.45) is 3.55. The average Bonchev–Trinajstić information content (AvgIpc) is 3.06. The van der Waals surface area contributed by atoms with Crippen LogP contribution >= 0.6 is 11.8 Å². The number of aromatic nitrogens is 4. The second-order valence-corrected chi connectivity index (χ2v) is 6.37. The van der Waals surface area contributed by atoms with Gasteiger partial charge in [0, 0.05) is 26.2 Å². The summed E-state index contributed by atoms with van der Waals surface area (Å²) in [6, 6.07) is 6.92. The number of halogens is 1. The van der Waals surface area contributed by atoms with Crippen LogP contribution in [-0.4, -0.2) is 52.6 Å². The number of H-pyrrole nitrogens is 1. The van der Waals surface area contributed by atoms with Crippen molar-refractivity contribution >= 4 is 34.3 Å². The van der Waals surface area contributed by atoms with Gasteiger partial charge in [-0.2, -0.15) is 5.10 Å². The van der Waals surface area contributed by atoms with Crippen LogP contribution in [0.15, 0.2) is 35.6 Å². The molecule has 0 radical (unpaired) electrons. The molecule has 1 aliphatic heterocycles. The molecule has 0 atom stereocenters. The third-order valence-electron chi connectivity index (χ3n) is 4.27. The van der Waals surface area contributed by atoms with Crippen molar-refractivity contribution in [2.45, 2.75) is 5.03 Å².